The zero-order valence-corrected chi connectivity index (χ0v) is 16.5. The van der Waals surface area contributed by atoms with Crippen molar-refractivity contribution in [2.24, 2.45) is 5.92 Å². The van der Waals surface area contributed by atoms with E-state index in [9.17, 15) is 14.7 Å². The van der Waals surface area contributed by atoms with Gasteiger partial charge in [-0.1, -0.05) is 18.2 Å². The zero-order valence-electron chi connectivity index (χ0n) is 16.5. The summed E-state index contributed by atoms with van der Waals surface area (Å²) < 4.78 is 4.99. The topological polar surface area (TPSA) is 85.9 Å². The quantitative estimate of drug-likeness (QED) is 0.835. The minimum atomic E-state index is -0.833. The average molecular weight is 385 g/mol. The van der Waals surface area contributed by atoms with Crippen molar-refractivity contribution < 1.29 is 19.4 Å². The van der Waals surface area contributed by atoms with Gasteiger partial charge in [0.1, 0.15) is 6.61 Å². The minimum Gasteiger partial charge on any atom is -0.393 e. The number of carbonyl (C=O) groups is 2. The lowest BCUT2D eigenvalue weighted by molar-refractivity contribution is -0.156. The lowest BCUT2D eigenvalue weighted by Crippen LogP contribution is -2.60. The van der Waals surface area contributed by atoms with Gasteiger partial charge in [-0.05, 0) is 31.4 Å². The van der Waals surface area contributed by atoms with Crippen LogP contribution in [0.5, 0.6) is 0 Å². The molecule has 3 heterocycles. The molecule has 0 saturated carbocycles. The smallest absolute Gasteiger partial charge is 0.248 e. The Hall–Kier alpha value is -2.38. The van der Waals surface area contributed by atoms with Gasteiger partial charge in [0.25, 0.3) is 0 Å². The lowest BCUT2D eigenvalue weighted by Gasteiger charge is -2.48. The van der Waals surface area contributed by atoms with E-state index in [1.165, 1.54) is 18.1 Å². The fraction of sp³-hybridized carbons (Fsp3) is 0.524. The molecule has 0 aliphatic carbocycles. The highest BCUT2D eigenvalue weighted by Crippen LogP contribution is 2.43. The number of rotatable bonds is 4. The number of para-hydroxylation sites is 1. The van der Waals surface area contributed by atoms with Crippen molar-refractivity contribution in [1.82, 2.24) is 14.8 Å². The first-order valence-corrected chi connectivity index (χ1v) is 9.76. The molecule has 0 unspecified atom stereocenters. The molecule has 1 saturated heterocycles. The van der Waals surface area contributed by atoms with Crippen LogP contribution in [-0.4, -0.2) is 71.2 Å². The molecular formula is C21H27N3O4. The molecule has 7 heteroatoms. The first-order valence-electron chi connectivity index (χ1n) is 9.76. The predicted molar refractivity (Wildman–Crippen MR) is 105 cm³/mol. The van der Waals surface area contributed by atoms with Crippen molar-refractivity contribution >= 4 is 22.7 Å². The van der Waals surface area contributed by atoms with Crippen molar-refractivity contribution in [2.75, 3.05) is 27.3 Å². The van der Waals surface area contributed by atoms with E-state index in [1.54, 1.807) is 18.9 Å². The first kappa shape index (κ1) is 19.0. The summed E-state index contributed by atoms with van der Waals surface area (Å²) in [6.45, 7) is 2.21. The Morgan fingerprint density at radius 1 is 1.43 bits per heavy atom. The highest BCUT2D eigenvalue weighted by Gasteiger charge is 2.49. The first-order chi connectivity index (χ1) is 13.4. The number of amides is 2. The van der Waals surface area contributed by atoms with Crippen LogP contribution in [0.25, 0.3) is 10.9 Å². The Labute approximate surface area is 164 Å². The molecule has 1 fully saturated rings. The molecule has 2 N–H and O–H groups in total. The number of nitrogens with zero attached hydrogens (tertiary/aromatic N) is 2. The van der Waals surface area contributed by atoms with E-state index in [0.717, 1.165) is 17.6 Å². The second-order valence-corrected chi connectivity index (χ2v) is 7.87. The molecule has 2 aliphatic rings. The van der Waals surface area contributed by atoms with Gasteiger partial charge in [0, 0.05) is 43.3 Å². The van der Waals surface area contributed by atoms with Crippen LogP contribution in [0, 0.1) is 5.92 Å². The maximum atomic E-state index is 13.3. The number of hydrogen-bond donors (Lipinski definition) is 2. The number of aliphatic hydroxyl groups is 1. The van der Waals surface area contributed by atoms with Crippen molar-refractivity contribution in [1.29, 1.82) is 0 Å². The summed E-state index contributed by atoms with van der Waals surface area (Å²) in [5.41, 5.74) is 3.38. The number of aliphatic hydroxyl groups excluding tert-OH is 1. The average Bonchev–Trinajstić information content (AvgIpc) is 3.06. The molecule has 2 aliphatic heterocycles. The van der Waals surface area contributed by atoms with Crippen LogP contribution < -0.4 is 0 Å². The van der Waals surface area contributed by atoms with E-state index in [0.29, 0.717) is 13.0 Å². The highest BCUT2D eigenvalue weighted by atomic mass is 16.5. The number of piperidine rings is 1. The summed E-state index contributed by atoms with van der Waals surface area (Å²) in [6.07, 6.45) is 0.546. The molecule has 0 radical (unpaired) electrons. The van der Waals surface area contributed by atoms with Crippen LogP contribution in [0.15, 0.2) is 24.3 Å². The van der Waals surface area contributed by atoms with Crippen LogP contribution in [-0.2, 0) is 20.7 Å². The second kappa shape index (κ2) is 7.22. The Kier molecular flexibility index (Phi) is 4.89. The molecule has 7 nitrogen and oxygen atoms in total. The molecule has 28 heavy (non-hydrogen) atoms. The van der Waals surface area contributed by atoms with Gasteiger partial charge in [0.2, 0.25) is 11.8 Å². The minimum absolute atomic E-state index is 0.0419. The number of fused-ring (bicyclic) bond motifs is 5. The number of aromatic nitrogens is 1. The molecule has 150 valence electrons. The molecular weight excluding hydrogens is 358 g/mol. The Bertz CT molecular complexity index is 906. The maximum absolute atomic E-state index is 13.3. The Morgan fingerprint density at radius 2 is 2.18 bits per heavy atom. The third-order valence-electron chi connectivity index (χ3n) is 6.28. The number of carbonyl (C=O) groups excluding carboxylic acids is 2. The van der Waals surface area contributed by atoms with E-state index >= 15 is 0 Å². The SMILES string of the molecule is COCC(=O)N(C)[C@H]1C[C@H]2c3[nH]c4ccccc4c3CCN2C(=O)[C@H]1[C@H](C)O. The number of methoxy groups -OCH3 is 1. The monoisotopic (exact) mass is 385 g/mol. The third-order valence-corrected chi connectivity index (χ3v) is 6.28. The summed E-state index contributed by atoms with van der Waals surface area (Å²) in [5, 5.41) is 11.6. The van der Waals surface area contributed by atoms with Gasteiger partial charge in [-0.15, -0.1) is 0 Å². The standard InChI is InChI=1S/C21H27N3O4/c1-12(25)19-16(23(2)18(26)11-28-3)10-17-20-14(8-9-24(17)21(19)27)13-6-4-5-7-15(13)22-20/h4-7,12,16-17,19,22,25H,8-11H2,1-3H3/t12-,16-,17-,19-/m0/s1. The summed E-state index contributed by atoms with van der Waals surface area (Å²) in [7, 11) is 3.17. The zero-order chi connectivity index (χ0) is 20.0. The molecule has 1 aromatic carbocycles. The van der Waals surface area contributed by atoms with Gasteiger partial charge in [0.05, 0.1) is 18.1 Å². The van der Waals surface area contributed by atoms with Crippen molar-refractivity contribution in [3.05, 3.63) is 35.5 Å². The van der Waals surface area contributed by atoms with Crippen LogP contribution in [0.2, 0.25) is 0 Å². The Balaban J connectivity index is 1.74. The number of hydrogen-bond acceptors (Lipinski definition) is 4. The van der Waals surface area contributed by atoms with Gasteiger partial charge in [-0.2, -0.15) is 0 Å². The Morgan fingerprint density at radius 3 is 2.89 bits per heavy atom. The van der Waals surface area contributed by atoms with Gasteiger partial charge in [0.15, 0.2) is 0 Å². The van der Waals surface area contributed by atoms with E-state index in [-0.39, 0.29) is 30.5 Å². The normalized spacial score (nSPS) is 25.4. The fourth-order valence-corrected chi connectivity index (χ4v) is 4.90. The molecule has 4 atom stereocenters. The van der Waals surface area contributed by atoms with Crippen LogP contribution in [0.4, 0.5) is 0 Å². The van der Waals surface area contributed by atoms with Crippen LogP contribution in [0.3, 0.4) is 0 Å². The lowest BCUT2D eigenvalue weighted by atomic mass is 9.79. The summed E-state index contributed by atoms with van der Waals surface area (Å²) >= 11 is 0. The van der Waals surface area contributed by atoms with E-state index < -0.39 is 12.0 Å². The molecule has 4 rings (SSSR count). The third kappa shape index (κ3) is 2.89. The number of nitrogens with one attached hydrogen (secondary N) is 1. The maximum Gasteiger partial charge on any atom is 0.248 e. The van der Waals surface area contributed by atoms with Gasteiger partial charge >= 0.3 is 0 Å². The fourth-order valence-electron chi connectivity index (χ4n) is 4.90. The molecule has 1 aromatic heterocycles. The molecule has 2 amide bonds. The largest absolute Gasteiger partial charge is 0.393 e. The van der Waals surface area contributed by atoms with Crippen LogP contribution in [0.1, 0.15) is 30.6 Å². The van der Waals surface area contributed by atoms with Gasteiger partial charge < -0.3 is 24.6 Å². The van der Waals surface area contributed by atoms with Crippen molar-refractivity contribution in [3.8, 4) is 0 Å². The van der Waals surface area contributed by atoms with E-state index in [2.05, 4.69) is 11.1 Å². The van der Waals surface area contributed by atoms with Crippen molar-refractivity contribution in [3.63, 3.8) is 0 Å². The highest BCUT2D eigenvalue weighted by molar-refractivity contribution is 5.88. The number of H-pyrrole nitrogens is 1. The molecule has 0 bridgehead atoms. The second-order valence-electron chi connectivity index (χ2n) is 7.87. The number of benzene rings is 1. The summed E-state index contributed by atoms with van der Waals surface area (Å²) in [4.78, 5) is 32.7. The number of likely N-dealkylation sites (N-methyl/N-ethyl adjacent to an activating group) is 1. The summed E-state index contributed by atoms with van der Waals surface area (Å²) in [6, 6.07) is 7.67. The van der Waals surface area contributed by atoms with Crippen LogP contribution >= 0.6 is 0 Å². The van der Waals surface area contributed by atoms with Gasteiger partial charge in [-0.25, -0.2) is 0 Å². The van der Waals surface area contributed by atoms with E-state index in [4.69, 9.17) is 4.74 Å². The van der Waals surface area contributed by atoms with Gasteiger partial charge in [-0.3, -0.25) is 9.59 Å². The molecule has 2 aromatic rings. The number of aromatic amines is 1. The van der Waals surface area contributed by atoms with Crippen molar-refractivity contribution in [2.45, 2.75) is 38.0 Å². The summed E-state index contributed by atoms with van der Waals surface area (Å²) in [5.74, 6) is -0.905. The van der Waals surface area contributed by atoms with E-state index in [1.807, 2.05) is 23.1 Å². The predicted octanol–water partition coefficient (Wildman–Crippen LogP) is 1.47. The molecule has 0 spiro atoms. The number of ether oxygens (including phenoxy) is 1.